The Balaban J connectivity index is 1.54. The Morgan fingerprint density at radius 1 is 1.23 bits per heavy atom. The van der Waals surface area contributed by atoms with E-state index in [0.717, 1.165) is 63.3 Å². The van der Waals surface area contributed by atoms with Gasteiger partial charge in [0.1, 0.15) is 5.82 Å². The van der Waals surface area contributed by atoms with E-state index in [1.165, 1.54) is 4.88 Å². The number of rotatable bonds is 9. The third-order valence-electron chi connectivity index (χ3n) is 5.40. The molecular formula is C22H34N6OS. The minimum absolute atomic E-state index is 0.322. The lowest BCUT2D eigenvalue weighted by molar-refractivity contribution is 0.0177. The van der Waals surface area contributed by atoms with Gasteiger partial charge in [-0.1, -0.05) is 12.1 Å². The molecule has 8 heteroatoms. The van der Waals surface area contributed by atoms with E-state index < -0.39 is 0 Å². The number of morpholine rings is 1. The van der Waals surface area contributed by atoms with E-state index in [0.29, 0.717) is 12.6 Å². The third-order valence-corrected chi connectivity index (χ3v) is 6.37. The van der Waals surface area contributed by atoms with Gasteiger partial charge in [0, 0.05) is 57.4 Å². The summed E-state index contributed by atoms with van der Waals surface area (Å²) in [6.45, 7) is 11.2. The van der Waals surface area contributed by atoms with Gasteiger partial charge in [-0.25, -0.2) is 4.98 Å². The first-order valence-corrected chi connectivity index (χ1v) is 11.6. The summed E-state index contributed by atoms with van der Waals surface area (Å²) in [5.41, 5.74) is 1.14. The second kappa shape index (κ2) is 11.9. The average molecular weight is 431 g/mol. The first-order valence-electron chi connectivity index (χ1n) is 10.7. The van der Waals surface area contributed by atoms with Gasteiger partial charge in [-0.2, -0.15) is 0 Å². The first-order chi connectivity index (χ1) is 14.7. The Morgan fingerprint density at radius 2 is 2.03 bits per heavy atom. The molecular weight excluding hydrogens is 396 g/mol. The van der Waals surface area contributed by atoms with Crippen LogP contribution in [0.15, 0.2) is 40.8 Å². The Kier molecular flexibility index (Phi) is 8.92. The van der Waals surface area contributed by atoms with Crippen LogP contribution in [0.3, 0.4) is 0 Å². The number of hydrogen-bond acceptors (Lipinski definition) is 6. The summed E-state index contributed by atoms with van der Waals surface area (Å²) in [4.78, 5) is 15.1. The highest BCUT2D eigenvalue weighted by Gasteiger charge is 2.23. The summed E-state index contributed by atoms with van der Waals surface area (Å²) < 4.78 is 5.54. The van der Waals surface area contributed by atoms with Crippen molar-refractivity contribution in [3.8, 4) is 0 Å². The molecule has 0 aliphatic carbocycles. The fourth-order valence-electron chi connectivity index (χ4n) is 3.64. The van der Waals surface area contributed by atoms with Gasteiger partial charge in [-0.3, -0.25) is 9.89 Å². The average Bonchev–Trinajstić information content (AvgIpc) is 3.33. The molecule has 1 saturated heterocycles. The summed E-state index contributed by atoms with van der Waals surface area (Å²) in [6, 6.07) is 8.87. The highest BCUT2D eigenvalue weighted by Crippen LogP contribution is 2.25. The SMILES string of the molecule is CCN(CC)c1ccc(CNC(=NC)NCC(c2cccs2)N2CCOCC2)cn1. The molecule has 164 valence electrons. The van der Waals surface area contributed by atoms with E-state index in [1.54, 1.807) is 11.3 Å². The number of anilines is 1. The van der Waals surface area contributed by atoms with Crippen LogP contribution < -0.4 is 15.5 Å². The number of nitrogens with one attached hydrogen (secondary N) is 2. The molecule has 0 saturated carbocycles. The number of aliphatic imine (C=N–C) groups is 1. The van der Waals surface area contributed by atoms with E-state index in [1.807, 2.05) is 13.2 Å². The highest BCUT2D eigenvalue weighted by atomic mass is 32.1. The van der Waals surface area contributed by atoms with Gasteiger partial charge in [-0.15, -0.1) is 11.3 Å². The molecule has 0 amide bonds. The van der Waals surface area contributed by atoms with Gasteiger partial charge >= 0.3 is 0 Å². The highest BCUT2D eigenvalue weighted by molar-refractivity contribution is 7.10. The van der Waals surface area contributed by atoms with Crippen LogP contribution in [0.1, 0.15) is 30.3 Å². The fraction of sp³-hybridized carbons (Fsp3) is 0.545. The van der Waals surface area contributed by atoms with Crippen molar-refractivity contribution in [3.05, 3.63) is 46.3 Å². The lowest BCUT2D eigenvalue weighted by atomic mass is 10.2. The van der Waals surface area contributed by atoms with Crippen molar-refractivity contribution in [1.82, 2.24) is 20.5 Å². The normalized spacial score (nSPS) is 16.3. The number of ether oxygens (including phenoxy) is 1. The van der Waals surface area contributed by atoms with Crippen molar-refractivity contribution < 1.29 is 4.74 Å². The molecule has 1 atom stereocenters. The Morgan fingerprint density at radius 3 is 2.63 bits per heavy atom. The Labute approximate surface area is 184 Å². The number of thiophene rings is 1. The number of aromatic nitrogens is 1. The van der Waals surface area contributed by atoms with Crippen LogP contribution in [0.4, 0.5) is 5.82 Å². The molecule has 3 heterocycles. The standard InChI is InChI=1S/C22H34N6OS/c1-4-27(5-2)21-9-8-18(15-24-21)16-25-22(23-3)26-17-19(20-7-6-14-30-20)28-10-12-29-13-11-28/h6-9,14-15,19H,4-5,10-13,16-17H2,1-3H3,(H2,23,25,26). The second-order valence-corrected chi connectivity index (χ2v) is 8.16. The van der Waals surface area contributed by atoms with Crippen molar-refractivity contribution in [2.75, 3.05) is 57.9 Å². The molecule has 7 nitrogen and oxygen atoms in total. The minimum Gasteiger partial charge on any atom is -0.379 e. The van der Waals surface area contributed by atoms with Crippen LogP contribution in [0, 0.1) is 0 Å². The summed E-state index contributed by atoms with van der Waals surface area (Å²) in [5.74, 6) is 1.83. The molecule has 0 spiro atoms. The molecule has 1 unspecified atom stereocenters. The van der Waals surface area contributed by atoms with E-state index in [-0.39, 0.29) is 0 Å². The van der Waals surface area contributed by atoms with Gasteiger partial charge in [0.15, 0.2) is 5.96 Å². The largest absolute Gasteiger partial charge is 0.379 e. The third kappa shape index (κ3) is 6.17. The van der Waals surface area contributed by atoms with Gasteiger partial charge in [0.2, 0.25) is 0 Å². The minimum atomic E-state index is 0.322. The maximum Gasteiger partial charge on any atom is 0.191 e. The van der Waals surface area contributed by atoms with Crippen LogP contribution in [-0.2, 0) is 11.3 Å². The predicted octanol–water partition coefficient (Wildman–Crippen LogP) is 2.73. The van der Waals surface area contributed by atoms with Crippen LogP contribution in [0.5, 0.6) is 0 Å². The number of guanidine groups is 1. The predicted molar refractivity (Wildman–Crippen MR) is 125 cm³/mol. The van der Waals surface area contributed by atoms with Gasteiger partial charge < -0.3 is 20.3 Å². The maximum atomic E-state index is 5.54. The van der Waals surface area contributed by atoms with E-state index >= 15 is 0 Å². The lowest BCUT2D eigenvalue weighted by Crippen LogP contribution is -2.46. The van der Waals surface area contributed by atoms with Gasteiger partial charge in [0.25, 0.3) is 0 Å². The van der Waals surface area contributed by atoms with Crippen LogP contribution in [0.25, 0.3) is 0 Å². The molecule has 1 aliphatic heterocycles. The molecule has 2 aromatic heterocycles. The molecule has 2 N–H and O–H groups in total. The number of pyridine rings is 1. The van der Waals surface area contributed by atoms with Crippen LogP contribution in [-0.4, -0.2) is 68.8 Å². The van der Waals surface area contributed by atoms with Crippen molar-refractivity contribution in [3.63, 3.8) is 0 Å². The molecule has 1 fully saturated rings. The van der Waals surface area contributed by atoms with Crippen molar-refractivity contribution in [2.45, 2.75) is 26.4 Å². The van der Waals surface area contributed by atoms with Crippen LogP contribution in [0.2, 0.25) is 0 Å². The lowest BCUT2D eigenvalue weighted by Gasteiger charge is -2.34. The molecule has 30 heavy (non-hydrogen) atoms. The quantitative estimate of drug-likeness (QED) is 0.471. The molecule has 0 bridgehead atoms. The van der Waals surface area contributed by atoms with E-state index in [9.17, 15) is 0 Å². The van der Waals surface area contributed by atoms with Crippen LogP contribution >= 0.6 is 11.3 Å². The van der Waals surface area contributed by atoms with Gasteiger partial charge in [0.05, 0.1) is 19.3 Å². The summed E-state index contributed by atoms with van der Waals surface area (Å²) >= 11 is 1.81. The Hall–Kier alpha value is -2.16. The molecule has 1 aliphatic rings. The summed E-state index contributed by atoms with van der Waals surface area (Å²) in [7, 11) is 1.81. The zero-order valence-corrected chi connectivity index (χ0v) is 19.1. The summed E-state index contributed by atoms with van der Waals surface area (Å²) in [6.07, 6.45) is 1.94. The molecule has 3 rings (SSSR count). The molecule has 0 radical (unpaired) electrons. The first kappa shape index (κ1) is 22.5. The second-order valence-electron chi connectivity index (χ2n) is 7.18. The molecule has 2 aromatic rings. The zero-order chi connectivity index (χ0) is 21.2. The topological polar surface area (TPSA) is 65.0 Å². The van der Waals surface area contributed by atoms with Crippen molar-refractivity contribution in [2.24, 2.45) is 4.99 Å². The van der Waals surface area contributed by atoms with E-state index in [2.05, 4.69) is 73.9 Å². The Bertz CT molecular complexity index is 754. The zero-order valence-electron chi connectivity index (χ0n) is 18.3. The smallest absolute Gasteiger partial charge is 0.191 e. The van der Waals surface area contributed by atoms with Gasteiger partial charge in [-0.05, 0) is 36.9 Å². The van der Waals surface area contributed by atoms with Crippen molar-refractivity contribution in [1.29, 1.82) is 0 Å². The number of nitrogens with zero attached hydrogens (tertiary/aromatic N) is 4. The van der Waals surface area contributed by atoms with E-state index in [4.69, 9.17) is 4.74 Å². The fourth-order valence-corrected chi connectivity index (χ4v) is 4.50. The molecule has 0 aromatic carbocycles. The monoisotopic (exact) mass is 430 g/mol. The number of hydrogen-bond donors (Lipinski definition) is 2. The maximum absolute atomic E-state index is 5.54. The van der Waals surface area contributed by atoms with Crippen molar-refractivity contribution >= 4 is 23.1 Å². The summed E-state index contributed by atoms with van der Waals surface area (Å²) in [5, 5.41) is 9.06.